The molecule has 592 valence electrons. The molecule has 0 aliphatic heterocycles. The molecule has 0 saturated heterocycles. The number of pyridine rings is 6. The lowest BCUT2D eigenvalue weighted by Gasteiger charge is -2.11. The Bertz CT molecular complexity index is 3230. The predicted molar refractivity (Wildman–Crippen MR) is 438 cm³/mol. The van der Waals surface area contributed by atoms with Gasteiger partial charge in [-0.05, 0) is 126 Å². The van der Waals surface area contributed by atoms with Gasteiger partial charge in [0, 0.05) is 169 Å². The first-order valence-electron chi connectivity index (χ1n) is 37.7. The quantitative estimate of drug-likeness (QED) is 0.0141. The number of nitrogens with one attached hydrogen (secondary N) is 9. The molecule has 6 heterocycles. The highest BCUT2D eigenvalue weighted by Gasteiger charge is 2.13. The summed E-state index contributed by atoms with van der Waals surface area (Å²) in [5, 5.41) is 30.0. The highest BCUT2D eigenvalue weighted by Crippen LogP contribution is 2.32. The van der Waals surface area contributed by atoms with Crippen LogP contribution < -0.4 is 74.5 Å². The van der Waals surface area contributed by atoms with Crippen molar-refractivity contribution in [3.63, 3.8) is 0 Å². The smallest absolute Gasteiger partial charge is 0.119 e. The van der Waals surface area contributed by atoms with Crippen LogP contribution in [-0.4, -0.2) is 265 Å². The zero-order valence-electron chi connectivity index (χ0n) is 63.3. The van der Waals surface area contributed by atoms with Crippen LogP contribution in [0.1, 0.15) is 13.3 Å². The lowest BCUT2D eigenvalue weighted by Crippen LogP contribution is -2.34. The number of halogens is 2. The van der Waals surface area contributed by atoms with E-state index in [9.17, 15) is 0 Å². The van der Waals surface area contributed by atoms with Gasteiger partial charge >= 0.3 is 0 Å². The number of aromatic nitrogens is 6. The van der Waals surface area contributed by atoms with Crippen molar-refractivity contribution in [2.75, 3.05) is 235 Å². The summed E-state index contributed by atoms with van der Waals surface area (Å²) in [5.74, 6) is 1.63. The molecule has 2 aromatic carbocycles. The number of nitrogens with two attached hydrogens (primary N) is 3. The molecule has 8 rings (SSSR count). The van der Waals surface area contributed by atoms with Crippen LogP contribution >= 0.6 is 23.2 Å². The zero-order chi connectivity index (χ0) is 76.3. The molecule has 0 saturated carbocycles. The van der Waals surface area contributed by atoms with Crippen LogP contribution in [0.2, 0.25) is 0 Å². The van der Waals surface area contributed by atoms with Gasteiger partial charge in [-0.15, -0.1) is 23.2 Å². The molecule has 15 N–H and O–H groups in total. The molecule has 0 unspecified atom stereocenters. The van der Waals surface area contributed by atoms with Gasteiger partial charge < -0.3 is 103 Å². The highest BCUT2D eigenvalue weighted by atomic mass is 35.5. The first kappa shape index (κ1) is 91.4. The molecule has 0 radical (unpaired) electrons. The van der Waals surface area contributed by atoms with E-state index >= 15 is 0 Å². The van der Waals surface area contributed by atoms with Crippen LogP contribution in [0.15, 0.2) is 170 Å². The molecule has 6 aromatic heterocycles. The molecule has 0 amide bonds. The third-order valence-electron chi connectivity index (χ3n) is 15.3. The van der Waals surface area contributed by atoms with Gasteiger partial charge in [-0.3, -0.25) is 19.9 Å². The molecule has 28 heteroatoms. The maximum atomic E-state index is 5.92. The fourth-order valence-electron chi connectivity index (χ4n) is 9.93. The SMILES string of the molecule is CCCOCCOc1ccc(-c2cc(-c3ccccn3)nc(-c3ccccn3)c2)cc1.ClCCl.NCCNCCNCCOCCOCCNCCNCCN.NCCNCCNCCOCCOCCNCCNCCNCCOCCOc1ccc(-c2cc(-c3ccccn3)nc(-c3ccccn3)c2)cc1. The van der Waals surface area contributed by atoms with Crippen molar-refractivity contribution >= 4 is 23.2 Å². The number of rotatable bonds is 58. The van der Waals surface area contributed by atoms with E-state index < -0.39 is 0 Å². The summed E-state index contributed by atoms with van der Waals surface area (Å²) in [6.07, 6.45) is 8.13. The van der Waals surface area contributed by atoms with Crippen molar-refractivity contribution in [2.45, 2.75) is 13.3 Å². The Morgan fingerprint density at radius 2 is 0.509 bits per heavy atom. The first-order valence-corrected chi connectivity index (χ1v) is 38.8. The van der Waals surface area contributed by atoms with Crippen molar-refractivity contribution in [2.24, 2.45) is 17.2 Å². The van der Waals surface area contributed by atoms with Crippen LogP contribution in [0.25, 0.3) is 67.8 Å². The second-order valence-electron chi connectivity index (χ2n) is 23.7. The van der Waals surface area contributed by atoms with Crippen LogP contribution in [0.5, 0.6) is 11.5 Å². The van der Waals surface area contributed by atoms with Crippen LogP contribution in [0, 0.1) is 0 Å². The lowest BCUT2D eigenvalue weighted by molar-refractivity contribution is 0.0500. The summed E-state index contributed by atoms with van der Waals surface area (Å²) >= 11 is 9.53. The monoisotopic (exact) mass is 1530 g/mol. The third-order valence-corrected chi connectivity index (χ3v) is 15.3. The minimum Gasteiger partial charge on any atom is -0.491 e. The Kier molecular flexibility index (Phi) is 54.7. The lowest BCUT2D eigenvalue weighted by atomic mass is 10.0. The van der Waals surface area contributed by atoms with E-state index in [1.165, 1.54) is 0 Å². The number of hydrogen-bond donors (Lipinski definition) is 12. The molecular weight excluding hydrogens is 1410 g/mol. The van der Waals surface area contributed by atoms with E-state index in [4.69, 9.17) is 88.3 Å². The summed E-state index contributed by atoms with van der Waals surface area (Å²) in [7, 11) is 0. The standard InChI is InChI=1S/C39H57N9O4.C26H25N3O2.C14H36N6O2.CH2Cl2/c40-11-14-41-15-18-43-21-24-49-27-28-50-25-22-44-19-16-42-17-20-45-23-26-51-29-30-52-35-9-7-33(8-10-35)34-31-38(36-5-1-3-12-46-36)48-39(32-34)37-6-2-4-13-47-37;1-2-15-30-16-17-31-22-11-9-20(10-12-22)21-18-25(23-7-3-5-13-27-23)29-26(19-21)24-8-4-6-14-28-24;15-1-3-17-5-7-19-9-11-21-13-14-22-12-10-20-8-6-18-4-2-16;2-1-3/h1-10,12-13,31-32,41-45H,11,14-30,40H2;3-14,18-19H,2,15-17H2,1H3;17-20H,1-16H2;1H2. The van der Waals surface area contributed by atoms with E-state index in [0.29, 0.717) is 106 Å². The second kappa shape index (κ2) is 64.6. The molecule has 8 aromatic rings. The Labute approximate surface area is 651 Å². The molecule has 0 aliphatic carbocycles. The average molecular weight is 1530 g/mol. The highest BCUT2D eigenvalue weighted by molar-refractivity contribution is 6.40. The minimum atomic E-state index is 0.194. The van der Waals surface area contributed by atoms with Gasteiger partial charge in [-0.2, -0.15) is 0 Å². The normalized spacial score (nSPS) is 10.9. The molecule has 0 fully saturated rings. The summed E-state index contributed by atoms with van der Waals surface area (Å²) < 4.78 is 45.0. The molecule has 26 nitrogen and oxygen atoms in total. The Balaban J connectivity index is 0.000000315. The molecule has 108 heavy (non-hydrogen) atoms. The fraction of sp³-hybridized carbons (Fsp3) is 0.475. The number of benzene rings is 2. The van der Waals surface area contributed by atoms with Crippen molar-refractivity contribution in [3.8, 4) is 79.3 Å². The van der Waals surface area contributed by atoms with Crippen LogP contribution in [-0.2, 0) is 28.4 Å². The van der Waals surface area contributed by atoms with E-state index in [1.807, 2.05) is 97.1 Å². The van der Waals surface area contributed by atoms with E-state index in [0.717, 1.165) is 210 Å². The summed E-state index contributed by atoms with van der Waals surface area (Å²) in [6.45, 7) is 29.0. The molecular formula is C80H120Cl2N18O8. The topological polar surface area (TPSA) is 338 Å². The Hall–Kier alpha value is -7.20. The average Bonchev–Trinajstić information content (AvgIpc) is 0.811. The van der Waals surface area contributed by atoms with E-state index in [-0.39, 0.29) is 5.34 Å². The van der Waals surface area contributed by atoms with Gasteiger partial charge in [0.15, 0.2) is 0 Å². The maximum Gasteiger partial charge on any atom is 0.119 e. The summed E-state index contributed by atoms with van der Waals surface area (Å²) in [5.41, 5.74) is 26.9. The number of nitrogens with zero attached hydrogens (tertiary/aromatic N) is 6. The molecule has 0 bridgehead atoms. The Morgan fingerprint density at radius 1 is 0.269 bits per heavy atom. The largest absolute Gasteiger partial charge is 0.491 e. The molecule has 0 aliphatic rings. The van der Waals surface area contributed by atoms with Crippen molar-refractivity contribution in [1.29, 1.82) is 0 Å². The van der Waals surface area contributed by atoms with Gasteiger partial charge in [0.05, 0.1) is 124 Å². The first-order chi connectivity index (χ1) is 53.5. The molecule has 0 spiro atoms. The van der Waals surface area contributed by atoms with E-state index in [2.05, 4.69) is 123 Å². The van der Waals surface area contributed by atoms with Gasteiger partial charge in [0.2, 0.25) is 0 Å². The maximum absolute atomic E-state index is 5.92. The van der Waals surface area contributed by atoms with Gasteiger partial charge in [-0.1, -0.05) is 55.5 Å². The second-order valence-corrected chi connectivity index (χ2v) is 24.6. The van der Waals surface area contributed by atoms with Crippen molar-refractivity contribution in [1.82, 2.24) is 77.8 Å². The van der Waals surface area contributed by atoms with Crippen LogP contribution in [0.4, 0.5) is 0 Å². The predicted octanol–water partition coefficient (Wildman–Crippen LogP) is 6.60. The number of hydrogen-bond acceptors (Lipinski definition) is 26. The number of ether oxygens (including phenoxy) is 8. The van der Waals surface area contributed by atoms with Gasteiger partial charge in [0.1, 0.15) is 24.7 Å². The van der Waals surface area contributed by atoms with Crippen LogP contribution in [0.3, 0.4) is 0 Å². The summed E-state index contributed by atoms with van der Waals surface area (Å²) in [6, 6.07) is 47.7. The fourth-order valence-corrected chi connectivity index (χ4v) is 9.93. The van der Waals surface area contributed by atoms with Crippen molar-refractivity contribution in [3.05, 3.63) is 170 Å². The van der Waals surface area contributed by atoms with Gasteiger partial charge in [0.25, 0.3) is 0 Å². The number of alkyl halides is 2. The zero-order valence-corrected chi connectivity index (χ0v) is 64.8. The van der Waals surface area contributed by atoms with E-state index in [1.54, 1.807) is 24.8 Å². The van der Waals surface area contributed by atoms with Gasteiger partial charge in [-0.25, -0.2) is 9.97 Å². The minimum absolute atomic E-state index is 0.194. The van der Waals surface area contributed by atoms with Crippen molar-refractivity contribution < 1.29 is 37.9 Å². The Morgan fingerprint density at radius 3 is 0.750 bits per heavy atom. The summed E-state index contributed by atoms with van der Waals surface area (Å²) in [4.78, 5) is 27.6. The third kappa shape index (κ3) is 43.9. The molecule has 0 atom stereocenters.